The van der Waals surface area contributed by atoms with Gasteiger partial charge in [-0.25, -0.2) is 0 Å². The van der Waals surface area contributed by atoms with Crippen molar-refractivity contribution in [1.29, 1.82) is 0 Å². The number of anilines is 1. The van der Waals surface area contributed by atoms with Gasteiger partial charge in [-0.15, -0.1) is 0 Å². The SMILES string of the molecule is CCC1(CC)CCN(Cc2cc(NC)ccn2)CC1. The van der Waals surface area contributed by atoms with Gasteiger partial charge < -0.3 is 5.32 Å². The Balaban J connectivity index is 1.91. The summed E-state index contributed by atoms with van der Waals surface area (Å²) >= 11 is 0. The Morgan fingerprint density at radius 2 is 1.95 bits per heavy atom. The zero-order valence-electron chi connectivity index (χ0n) is 12.6. The van der Waals surface area contributed by atoms with E-state index in [9.17, 15) is 0 Å². The zero-order chi connectivity index (χ0) is 13.7. The summed E-state index contributed by atoms with van der Waals surface area (Å²) in [6.45, 7) is 8.10. The highest BCUT2D eigenvalue weighted by Gasteiger charge is 2.31. The van der Waals surface area contributed by atoms with Crippen molar-refractivity contribution in [3.63, 3.8) is 0 Å². The van der Waals surface area contributed by atoms with Gasteiger partial charge in [-0.2, -0.15) is 0 Å². The summed E-state index contributed by atoms with van der Waals surface area (Å²) in [5.41, 5.74) is 2.93. The molecule has 0 amide bonds. The average Bonchev–Trinajstić information content (AvgIpc) is 2.48. The average molecular weight is 261 g/mol. The third-order valence-electron chi connectivity index (χ3n) is 4.91. The van der Waals surface area contributed by atoms with Gasteiger partial charge in [0.1, 0.15) is 0 Å². The Hall–Kier alpha value is -1.09. The van der Waals surface area contributed by atoms with E-state index in [1.807, 2.05) is 19.3 Å². The molecular weight excluding hydrogens is 234 g/mol. The van der Waals surface area contributed by atoms with Crippen LogP contribution in [0.5, 0.6) is 0 Å². The second-order valence-corrected chi connectivity index (χ2v) is 5.77. The van der Waals surface area contributed by atoms with Gasteiger partial charge in [0.05, 0.1) is 5.69 Å². The van der Waals surface area contributed by atoms with Crippen LogP contribution in [0, 0.1) is 5.41 Å². The number of aromatic nitrogens is 1. The standard InChI is InChI=1S/C16H27N3/c1-4-16(5-2)7-10-19(11-8-16)13-15-12-14(17-3)6-9-18-15/h6,9,12H,4-5,7-8,10-11,13H2,1-3H3,(H,17,18). The highest BCUT2D eigenvalue weighted by molar-refractivity contribution is 5.42. The van der Waals surface area contributed by atoms with Gasteiger partial charge in [0.25, 0.3) is 0 Å². The van der Waals surface area contributed by atoms with Gasteiger partial charge in [-0.3, -0.25) is 9.88 Å². The largest absolute Gasteiger partial charge is 0.388 e. The van der Waals surface area contributed by atoms with Gasteiger partial charge in [0.2, 0.25) is 0 Å². The van der Waals surface area contributed by atoms with E-state index in [1.54, 1.807) is 0 Å². The van der Waals surface area contributed by atoms with Crippen LogP contribution in [0.4, 0.5) is 5.69 Å². The number of likely N-dealkylation sites (tertiary alicyclic amines) is 1. The molecule has 0 unspecified atom stereocenters. The number of rotatable bonds is 5. The molecule has 1 saturated heterocycles. The van der Waals surface area contributed by atoms with Crippen LogP contribution in [0.2, 0.25) is 0 Å². The van der Waals surface area contributed by atoms with Crippen molar-refractivity contribution in [3.05, 3.63) is 24.0 Å². The molecule has 106 valence electrons. The predicted octanol–water partition coefficient (Wildman–Crippen LogP) is 3.53. The summed E-state index contributed by atoms with van der Waals surface area (Å²) in [6, 6.07) is 4.17. The fraction of sp³-hybridized carbons (Fsp3) is 0.688. The van der Waals surface area contributed by atoms with Crippen LogP contribution in [-0.2, 0) is 6.54 Å². The molecule has 0 radical (unpaired) electrons. The first-order valence-corrected chi connectivity index (χ1v) is 7.56. The van der Waals surface area contributed by atoms with Crippen LogP contribution in [0.1, 0.15) is 45.2 Å². The summed E-state index contributed by atoms with van der Waals surface area (Å²) in [7, 11) is 1.96. The Morgan fingerprint density at radius 1 is 1.26 bits per heavy atom. The number of hydrogen-bond acceptors (Lipinski definition) is 3. The molecule has 0 spiro atoms. The second-order valence-electron chi connectivity index (χ2n) is 5.77. The molecule has 1 aliphatic heterocycles. The predicted molar refractivity (Wildman–Crippen MR) is 81.3 cm³/mol. The van der Waals surface area contributed by atoms with E-state index in [1.165, 1.54) is 44.5 Å². The maximum absolute atomic E-state index is 4.48. The first kappa shape index (κ1) is 14.3. The summed E-state index contributed by atoms with van der Waals surface area (Å²) in [6.07, 6.45) is 7.22. The maximum atomic E-state index is 4.48. The van der Waals surface area contributed by atoms with Crippen LogP contribution in [-0.4, -0.2) is 30.0 Å². The number of nitrogens with one attached hydrogen (secondary N) is 1. The lowest BCUT2D eigenvalue weighted by Gasteiger charge is -2.41. The molecule has 1 N–H and O–H groups in total. The molecule has 19 heavy (non-hydrogen) atoms. The third-order valence-corrected chi connectivity index (χ3v) is 4.91. The van der Waals surface area contributed by atoms with E-state index in [2.05, 4.69) is 35.1 Å². The molecule has 2 rings (SSSR count). The van der Waals surface area contributed by atoms with Gasteiger partial charge in [-0.05, 0) is 43.5 Å². The summed E-state index contributed by atoms with van der Waals surface area (Å²) in [5, 5.41) is 3.18. The van der Waals surface area contributed by atoms with Crippen LogP contribution in [0.15, 0.2) is 18.3 Å². The Labute approximate surface area is 117 Å². The van der Waals surface area contributed by atoms with Crippen molar-refractivity contribution in [3.8, 4) is 0 Å². The molecule has 1 aliphatic rings. The zero-order valence-corrected chi connectivity index (χ0v) is 12.6. The van der Waals surface area contributed by atoms with Crippen molar-refractivity contribution in [2.45, 2.75) is 46.1 Å². The number of pyridine rings is 1. The molecule has 0 aromatic carbocycles. The van der Waals surface area contributed by atoms with Gasteiger partial charge >= 0.3 is 0 Å². The van der Waals surface area contributed by atoms with Gasteiger partial charge in [0.15, 0.2) is 0 Å². The summed E-state index contributed by atoms with van der Waals surface area (Å²) in [5.74, 6) is 0. The van der Waals surface area contributed by atoms with Crippen molar-refractivity contribution >= 4 is 5.69 Å². The minimum atomic E-state index is 0.608. The molecule has 1 fully saturated rings. The topological polar surface area (TPSA) is 28.2 Å². The van der Waals surface area contributed by atoms with Crippen molar-refractivity contribution in [1.82, 2.24) is 9.88 Å². The minimum absolute atomic E-state index is 0.608. The highest BCUT2D eigenvalue weighted by Crippen LogP contribution is 2.38. The Morgan fingerprint density at radius 3 is 2.53 bits per heavy atom. The van der Waals surface area contributed by atoms with E-state index >= 15 is 0 Å². The number of hydrogen-bond donors (Lipinski definition) is 1. The molecule has 3 heteroatoms. The monoisotopic (exact) mass is 261 g/mol. The van der Waals surface area contributed by atoms with Crippen molar-refractivity contribution < 1.29 is 0 Å². The summed E-state index contributed by atoms with van der Waals surface area (Å²) in [4.78, 5) is 7.02. The maximum Gasteiger partial charge on any atom is 0.0564 e. The Bertz CT molecular complexity index is 389. The Kier molecular flexibility index (Phi) is 4.81. The molecular formula is C16H27N3. The smallest absolute Gasteiger partial charge is 0.0564 e. The lowest BCUT2D eigenvalue weighted by molar-refractivity contribution is 0.0901. The minimum Gasteiger partial charge on any atom is -0.388 e. The first-order valence-electron chi connectivity index (χ1n) is 7.56. The van der Waals surface area contributed by atoms with Crippen LogP contribution >= 0.6 is 0 Å². The lowest BCUT2D eigenvalue weighted by Crippen LogP contribution is -2.39. The van der Waals surface area contributed by atoms with Crippen molar-refractivity contribution in [2.24, 2.45) is 5.41 Å². The first-order chi connectivity index (χ1) is 9.21. The van der Waals surface area contributed by atoms with E-state index in [4.69, 9.17) is 0 Å². The van der Waals surface area contributed by atoms with Gasteiger partial charge in [0, 0.05) is 25.5 Å². The highest BCUT2D eigenvalue weighted by atomic mass is 15.1. The van der Waals surface area contributed by atoms with Crippen LogP contribution in [0.25, 0.3) is 0 Å². The van der Waals surface area contributed by atoms with Crippen LogP contribution < -0.4 is 5.32 Å². The quantitative estimate of drug-likeness (QED) is 0.879. The van der Waals surface area contributed by atoms with Crippen molar-refractivity contribution in [2.75, 3.05) is 25.5 Å². The molecule has 1 aromatic heterocycles. The third kappa shape index (κ3) is 3.47. The second kappa shape index (κ2) is 6.38. The van der Waals surface area contributed by atoms with E-state index < -0.39 is 0 Å². The molecule has 1 aromatic rings. The number of piperidine rings is 1. The summed E-state index contributed by atoms with van der Waals surface area (Å²) < 4.78 is 0. The van der Waals surface area contributed by atoms with E-state index in [0.29, 0.717) is 5.41 Å². The van der Waals surface area contributed by atoms with Crippen LogP contribution in [0.3, 0.4) is 0 Å². The number of nitrogens with zero attached hydrogens (tertiary/aromatic N) is 2. The lowest BCUT2D eigenvalue weighted by atomic mass is 9.74. The van der Waals surface area contributed by atoms with E-state index in [-0.39, 0.29) is 0 Å². The molecule has 2 heterocycles. The fourth-order valence-corrected chi connectivity index (χ4v) is 3.09. The molecule has 0 atom stereocenters. The molecule has 0 bridgehead atoms. The molecule has 0 saturated carbocycles. The fourth-order valence-electron chi connectivity index (χ4n) is 3.09. The normalized spacial score (nSPS) is 19.3. The van der Waals surface area contributed by atoms with E-state index in [0.717, 1.165) is 12.2 Å². The molecule has 3 nitrogen and oxygen atoms in total. The van der Waals surface area contributed by atoms with Gasteiger partial charge in [-0.1, -0.05) is 26.7 Å². The molecule has 0 aliphatic carbocycles.